The molecule has 21 heavy (non-hydrogen) atoms. The normalized spacial score (nSPS) is 49.0. The van der Waals surface area contributed by atoms with Gasteiger partial charge in [-0.3, -0.25) is 4.79 Å². The van der Waals surface area contributed by atoms with Crippen LogP contribution >= 0.6 is 0 Å². The van der Waals surface area contributed by atoms with E-state index in [9.17, 15) is 14.7 Å². The van der Waals surface area contributed by atoms with Crippen molar-refractivity contribution < 1.29 is 14.7 Å². The summed E-state index contributed by atoms with van der Waals surface area (Å²) < 4.78 is 0. The number of rotatable bonds is 3. The molecule has 0 unspecified atom stereocenters. The summed E-state index contributed by atoms with van der Waals surface area (Å²) in [4.78, 5) is 23.8. The van der Waals surface area contributed by atoms with E-state index in [0.29, 0.717) is 0 Å². The van der Waals surface area contributed by atoms with Crippen molar-refractivity contribution >= 4 is 11.9 Å². The number of carboxylic acids is 1. The molecule has 1 amide bonds. The average Bonchev–Trinajstić information content (AvgIpc) is 2.21. The first-order chi connectivity index (χ1) is 9.49. The maximum absolute atomic E-state index is 12.8. The van der Waals surface area contributed by atoms with Crippen molar-refractivity contribution in [3.63, 3.8) is 0 Å². The van der Waals surface area contributed by atoms with Crippen molar-refractivity contribution in [1.82, 2.24) is 5.32 Å². The van der Waals surface area contributed by atoms with Crippen LogP contribution in [0.1, 0.15) is 66.2 Å². The zero-order valence-electron chi connectivity index (χ0n) is 13.5. The fourth-order valence-electron chi connectivity index (χ4n) is 6.94. The minimum Gasteiger partial charge on any atom is -0.548 e. The summed E-state index contributed by atoms with van der Waals surface area (Å²) in [5.74, 6) is -1.28. The standard InChI is InChI=1S/C17H27NO3/c1-11(12(19)20)18-13(21)17-8-14(2)5-15(3,9-17)7-16(4,6-14)10-17/h11H,5-10H2,1-4H3,(H,18,21)(H,19,20)/p-1/t11-,14?,15?,16?,17?/m1/s1. The monoisotopic (exact) mass is 292 g/mol. The van der Waals surface area contributed by atoms with Crippen LogP contribution in [-0.4, -0.2) is 17.9 Å². The molecule has 1 N–H and O–H groups in total. The van der Waals surface area contributed by atoms with Gasteiger partial charge in [0.2, 0.25) is 5.91 Å². The number of amides is 1. The van der Waals surface area contributed by atoms with E-state index in [2.05, 4.69) is 26.1 Å². The number of nitrogens with one attached hydrogen (secondary N) is 1. The first-order valence-corrected chi connectivity index (χ1v) is 8.01. The molecule has 4 nitrogen and oxygen atoms in total. The number of carboxylic acid groups (broad SMARTS) is 1. The van der Waals surface area contributed by atoms with Crippen LogP contribution in [-0.2, 0) is 9.59 Å². The molecule has 4 saturated carbocycles. The summed E-state index contributed by atoms with van der Waals surface area (Å²) in [5, 5.41) is 13.6. The Morgan fingerprint density at radius 3 is 1.62 bits per heavy atom. The molecule has 4 fully saturated rings. The largest absolute Gasteiger partial charge is 0.548 e. The Hall–Kier alpha value is -1.06. The summed E-state index contributed by atoms with van der Waals surface area (Å²) in [6.07, 6.45) is 6.28. The highest BCUT2D eigenvalue weighted by Crippen LogP contribution is 2.73. The molecule has 0 aromatic rings. The van der Waals surface area contributed by atoms with Crippen molar-refractivity contribution in [2.24, 2.45) is 21.7 Å². The minimum atomic E-state index is -1.21. The predicted octanol–water partition coefficient (Wildman–Crippen LogP) is 1.63. The predicted molar refractivity (Wildman–Crippen MR) is 77.1 cm³/mol. The van der Waals surface area contributed by atoms with Crippen molar-refractivity contribution in [1.29, 1.82) is 0 Å². The van der Waals surface area contributed by atoms with E-state index >= 15 is 0 Å². The minimum absolute atomic E-state index is 0.0676. The molecule has 0 heterocycles. The fraction of sp³-hybridized carbons (Fsp3) is 0.882. The molecule has 1 atom stereocenters. The maximum Gasteiger partial charge on any atom is 0.226 e. The first kappa shape index (κ1) is 14.9. The summed E-state index contributed by atoms with van der Waals surface area (Å²) >= 11 is 0. The Morgan fingerprint density at radius 1 is 0.905 bits per heavy atom. The molecule has 4 aliphatic carbocycles. The smallest absolute Gasteiger partial charge is 0.226 e. The number of hydrogen-bond donors (Lipinski definition) is 1. The third-order valence-corrected chi connectivity index (χ3v) is 6.04. The number of aliphatic carboxylic acids is 1. The Kier molecular flexibility index (Phi) is 2.84. The lowest BCUT2D eigenvalue weighted by molar-refractivity contribution is -0.308. The molecule has 0 aliphatic heterocycles. The van der Waals surface area contributed by atoms with Gasteiger partial charge in [0.15, 0.2) is 0 Å². The Labute approximate surface area is 126 Å². The van der Waals surface area contributed by atoms with Crippen LogP contribution in [0.4, 0.5) is 0 Å². The molecular formula is C17H26NO3-. The van der Waals surface area contributed by atoms with Gasteiger partial charge in [0, 0.05) is 0 Å². The van der Waals surface area contributed by atoms with Gasteiger partial charge in [0.25, 0.3) is 0 Å². The summed E-state index contributed by atoms with van der Waals surface area (Å²) in [7, 11) is 0. The highest BCUT2D eigenvalue weighted by molar-refractivity contribution is 5.87. The molecule has 0 aromatic carbocycles. The van der Waals surface area contributed by atoms with Crippen LogP contribution in [0.15, 0.2) is 0 Å². The SMILES string of the molecule is C[C@@H](NC(=O)C12CC3(C)CC(C)(CC(C)(C3)C1)C2)C(=O)[O-]. The van der Waals surface area contributed by atoms with Crippen LogP contribution in [0.25, 0.3) is 0 Å². The molecule has 118 valence electrons. The quantitative estimate of drug-likeness (QED) is 0.859. The van der Waals surface area contributed by atoms with Crippen LogP contribution in [0, 0.1) is 21.7 Å². The van der Waals surface area contributed by atoms with Gasteiger partial charge < -0.3 is 15.2 Å². The van der Waals surface area contributed by atoms with E-state index in [1.54, 1.807) is 0 Å². The van der Waals surface area contributed by atoms with Crippen molar-refractivity contribution in [2.75, 3.05) is 0 Å². The third kappa shape index (κ3) is 2.27. The number of carbonyl (C=O) groups excluding carboxylic acids is 2. The van der Waals surface area contributed by atoms with Crippen molar-refractivity contribution in [3.05, 3.63) is 0 Å². The van der Waals surface area contributed by atoms with Gasteiger partial charge in [0.1, 0.15) is 0 Å². The summed E-state index contributed by atoms with van der Waals surface area (Å²) in [6.45, 7) is 8.42. The average molecular weight is 292 g/mol. The van der Waals surface area contributed by atoms with Crippen LogP contribution in [0.3, 0.4) is 0 Å². The topological polar surface area (TPSA) is 69.2 Å². The maximum atomic E-state index is 12.8. The number of hydrogen-bond acceptors (Lipinski definition) is 3. The van der Waals surface area contributed by atoms with Gasteiger partial charge in [-0.1, -0.05) is 20.8 Å². The van der Waals surface area contributed by atoms with E-state index in [-0.39, 0.29) is 27.6 Å². The van der Waals surface area contributed by atoms with Gasteiger partial charge >= 0.3 is 0 Å². The summed E-state index contributed by atoms with van der Waals surface area (Å²) in [6, 6.07) is -0.918. The van der Waals surface area contributed by atoms with Crippen LogP contribution < -0.4 is 10.4 Å². The van der Waals surface area contributed by atoms with Crippen molar-refractivity contribution in [2.45, 2.75) is 72.3 Å². The molecule has 4 bridgehead atoms. The molecule has 0 radical (unpaired) electrons. The molecule has 0 aromatic heterocycles. The van der Waals surface area contributed by atoms with E-state index in [0.717, 1.165) is 19.3 Å². The Balaban J connectivity index is 1.91. The Morgan fingerprint density at radius 2 is 1.29 bits per heavy atom. The van der Waals surface area contributed by atoms with Gasteiger partial charge in [-0.05, 0) is 61.7 Å². The second-order valence-electron chi connectivity index (χ2n) is 9.29. The van der Waals surface area contributed by atoms with E-state index < -0.39 is 12.0 Å². The second kappa shape index (κ2) is 4.02. The second-order valence-corrected chi connectivity index (χ2v) is 9.29. The zero-order valence-corrected chi connectivity index (χ0v) is 13.5. The highest BCUT2D eigenvalue weighted by Gasteiger charge is 2.66. The third-order valence-electron chi connectivity index (χ3n) is 6.04. The number of carbonyl (C=O) groups is 2. The summed E-state index contributed by atoms with van der Waals surface area (Å²) in [5.41, 5.74) is 0.289. The van der Waals surface area contributed by atoms with Gasteiger partial charge in [-0.15, -0.1) is 0 Å². The lowest BCUT2D eigenvalue weighted by Gasteiger charge is -2.68. The molecule has 0 spiro atoms. The van der Waals surface area contributed by atoms with Crippen molar-refractivity contribution in [3.8, 4) is 0 Å². The van der Waals surface area contributed by atoms with Crippen LogP contribution in [0.5, 0.6) is 0 Å². The highest BCUT2D eigenvalue weighted by atomic mass is 16.4. The first-order valence-electron chi connectivity index (χ1n) is 8.01. The van der Waals surface area contributed by atoms with E-state index in [4.69, 9.17) is 0 Å². The molecule has 4 heteroatoms. The molecule has 4 aliphatic rings. The zero-order chi connectivity index (χ0) is 15.7. The molecule has 0 saturated heterocycles. The van der Waals surface area contributed by atoms with Gasteiger partial charge in [-0.2, -0.15) is 0 Å². The van der Waals surface area contributed by atoms with Gasteiger partial charge in [-0.25, -0.2) is 0 Å². The van der Waals surface area contributed by atoms with Crippen LogP contribution in [0.2, 0.25) is 0 Å². The fourth-order valence-corrected chi connectivity index (χ4v) is 6.94. The lowest BCUT2D eigenvalue weighted by Crippen LogP contribution is -2.64. The molecular weight excluding hydrogens is 266 g/mol. The molecule has 4 rings (SSSR count). The van der Waals surface area contributed by atoms with E-state index in [1.165, 1.54) is 26.2 Å². The van der Waals surface area contributed by atoms with E-state index in [1.807, 2.05) is 0 Å². The Bertz CT molecular complexity index is 459. The lowest BCUT2D eigenvalue weighted by atomic mass is 9.36. The van der Waals surface area contributed by atoms with Gasteiger partial charge in [0.05, 0.1) is 17.4 Å².